The number of ether oxygens (including phenoxy) is 1. The molecule has 4 rings (SSSR count). The van der Waals surface area contributed by atoms with Gasteiger partial charge < -0.3 is 14.5 Å². The van der Waals surface area contributed by atoms with E-state index in [-0.39, 0.29) is 11.9 Å². The summed E-state index contributed by atoms with van der Waals surface area (Å²) in [5.41, 5.74) is 2.07. The van der Waals surface area contributed by atoms with Crippen LogP contribution in [0.4, 0.5) is 5.82 Å². The van der Waals surface area contributed by atoms with Crippen LogP contribution in [0.25, 0.3) is 6.08 Å². The second-order valence-electron chi connectivity index (χ2n) is 7.65. The largest absolute Gasteiger partial charge is 0.439 e. The first-order valence-corrected chi connectivity index (χ1v) is 10.4. The van der Waals surface area contributed by atoms with E-state index in [2.05, 4.69) is 21.8 Å². The van der Waals surface area contributed by atoms with Crippen LogP contribution in [0.15, 0.2) is 73.1 Å². The molecule has 0 saturated carbocycles. The molecule has 158 valence electrons. The zero-order valence-corrected chi connectivity index (χ0v) is 17.8. The monoisotopic (exact) mass is 414 g/mol. The summed E-state index contributed by atoms with van der Waals surface area (Å²) in [6.07, 6.45) is 5.04. The molecule has 2 aromatic carbocycles. The maximum absolute atomic E-state index is 12.7. The van der Waals surface area contributed by atoms with Crippen LogP contribution in [-0.2, 0) is 4.79 Å². The summed E-state index contributed by atoms with van der Waals surface area (Å²) < 4.78 is 5.95. The van der Waals surface area contributed by atoms with Gasteiger partial charge in [-0.2, -0.15) is 0 Å². The predicted octanol–water partition coefficient (Wildman–Crippen LogP) is 4.33. The number of hydrogen-bond acceptors (Lipinski definition) is 5. The van der Waals surface area contributed by atoms with Crippen molar-refractivity contribution in [3.63, 3.8) is 0 Å². The molecule has 1 fully saturated rings. The first kappa shape index (κ1) is 20.6. The molecule has 0 N–H and O–H groups in total. The first-order valence-electron chi connectivity index (χ1n) is 10.4. The van der Waals surface area contributed by atoms with Crippen molar-refractivity contribution in [1.29, 1.82) is 0 Å². The highest BCUT2D eigenvalue weighted by Gasteiger charge is 2.27. The van der Waals surface area contributed by atoms with Gasteiger partial charge in [0.25, 0.3) is 0 Å². The molecule has 1 saturated heterocycles. The smallest absolute Gasteiger partial charge is 0.246 e. The topological polar surface area (TPSA) is 58.6 Å². The van der Waals surface area contributed by atoms with E-state index in [1.54, 1.807) is 6.08 Å². The Morgan fingerprint density at radius 2 is 1.84 bits per heavy atom. The lowest BCUT2D eigenvalue weighted by Gasteiger charge is -2.40. The van der Waals surface area contributed by atoms with Crippen molar-refractivity contribution >= 4 is 17.8 Å². The summed E-state index contributed by atoms with van der Waals surface area (Å²) >= 11 is 0. The number of amides is 1. The third-order valence-electron chi connectivity index (χ3n) is 5.39. The van der Waals surface area contributed by atoms with Crippen LogP contribution >= 0.6 is 0 Å². The molecule has 6 heteroatoms. The summed E-state index contributed by atoms with van der Waals surface area (Å²) in [6.45, 7) is 6.10. The molecule has 1 unspecified atom stereocenters. The molecule has 1 amide bonds. The van der Waals surface area contributed by atoms with Gasteiger partial charge in [-0.15, -0.1) is 0 Å². The van der Waals surface area contributed by atoms with Gasteiger partial charge in [0.05, 0.1) is 0 Å². The minimum Gasteiger partial charge on any atom is -0.439 e. The van der Waals surface area contributed by atoms with E-state index in [4.69, 9.17) is 4.74 Å². The first-order chi connectivity index (χ1) is 15.1. The average molecular weight is 415 g/mol. The molecular formula is C25H26N4O2. The number of para-hydroxylation sites is 1. The second kappa shape index (κ2) is 9.43. The van der Waals surface area contributed by atoms with Crippen molar-refractivity contribution in [1.82, 2.24) is 14.9 Å². The highest BCUT2D eigenvalue weighted by atomic mass is 16.5. The normalized spacial score (nSPS) is 16.5. The van der Waals surface area contributed by atoms with Crippen molar-refractivity contribution in [3.05, 3.63) is 84.2 Å². The summed E-state index contributed by atoms with van der Waals surface area (Å²) in [5.74, 6) is 2.12. The van der Waals surface area contributed by atoms with Crippen LogP contribution in [0, 0.1) is 6.92 Å². The lowest BCUT2D eigenvalue weighted by molar-refractivity contribution is -0.128. The number of carbonyl (C=O) groups excluding carboxylic acids is 1. The molecular weight excluding hydrogens is 388 g/mol. The summed E-state index contributed by atoms with van der Waals surface area (Å²) in [5, 5.41) is 0. The predicted molar refractivity (Wildman–Crippen MR) is 122 cm³/mol. The van der Waals surface area contributed by atoms with Crippen LogP contribution in [0.2, 0.25) is 0 Å². The SMILES string of the molecule is Cc1ccccc1Oc1cc(N2CCN(C(=O)/C=C/c3ccccc3)C(C)C2)ncn1. The van der Waals surface area contributed by atoms with Crippen LogP contribution in [0.5, 0.6) is 11.6 Å². The van der Waals surface area contributed by atoms with Gasteiger partial charge in [0, 0.05) is 37.8 Å². The molecule has 3 aromatic rings. The van der Waals surface area contributed by atoms with Gasteiger partial charge in [-0.25, -0.2) is 9.97 Å². The van der Waals surface area contributed by atoms with E-state index in [9.17, 15) is 4.79 Å². The molecule has 2 heterocycles. The van der Waals surface area contributed by atoms with Gasteiger partial charge in [-0.1, -0.05) is 48.5 Å². The molecule has 1 aromatic heterocycles. The van der Waals surface area contributed by atoms with Gasteiger partial charge in [-0.05, 0) is 37.1 Å². The Labute approximate surface area is 182 Å². The lowest BCUT2D eigenvalue weighted by atomic mass is 10.1. The van der Waals surface area contributed by atoms with E-state index >= 15 is 0 Å². The summed E-state index contributed by atoms with van der Waals surface area (Å²) in [7, 11) is 0. The Kier molecular flexibility index (Phi) is 6.26. The van der Waals surface area contributed by atoms with Crippen molar-refractivity contribution in [2.45, 2.75) is 19.9 Å². The van der Waals surface area contributed by atoms with E-state index in [1.165, 1.54) is 6.33 Å². The Morgan fingerprint density at radius 3 is 2.61 bits per heavy atom. The minimum atomic E-state index is 0.0299. The number of nitrogens with zero attached hydrogens (tertiary/aromatic N) is 4. The summed E-state index contributed by atoms with van der Waals surface area (Å²) in [4.78, 5) is 25.4. The van der Waals surface area contributed by atoms with Crippen LogP contribution in [-0.4, -0.2) is 46.5 Å². The molecule has 1 aliphatic heterocycles. The quantitative estimate of drug-likeness (QED) is 0.582. The second-order valence-corrected chi connectivity index (χ2v) is 7.65. The van der Waals surface area contributed by atoms with E-state index in [1.807, 2.05) is 78.6 Å². The van der Waals surface area contributed by atoms with Crippen molar-refractivity contribution in [2.75, 3.05) is 24.5 Å². The Hall–Kier alpha value is -3.67. The van der Waals surface area contributed by atoms with Crippen LogP contribution in [0.3, 0.4) is 0 Å². The molecule has 0 bridgehead atoms. The number of aryl methyl sites for hydroxylation is 1. The third kappa shape index (κ3) is 5.09. The van der Waals surface area contributed by atoms with Gasteiger partial charge in [-0.3, -0.25) is 4.79 Å². The van der Waals surface area contributed by atoms with Crippen molar-refractivity contribution < 1.29 is 9.53 Å². The number of anilines is 1. The fourth-order valence-electron chi connectivity index (χ4n) is 3.66. The zero-order valence-electron chi connectivity index (χ0n) is 17.8. The number of benzene rings is 2. The minimum absolute atomic E-state index is 0.0299. The van der Waals surface area contributed by atoms with Crippen LogP contribution in [0.1, 0.15) is 18.1 Å². The van der Waals surface area contributed by atoms with Gasteiger partial charge in [0.15, 0.2) is 0 Å². The maximum atomic E-state index is 12.7. The zero-order chi connectivity index (χ0) is 21.6. The van der Waals surface area contributed by atoms with Gasteiger partial charge in [0.1, 0.15) is 17.9 Å². The fraction of sp³-hybridized carbons (Fsp3) is 0.240. The van der Waals surface area contributed by atoms with Crippen molar-refractivity contribution in [3.8, 4) is 11.6 Å². The highest BCUT2D eigenvalue weighted by molar-refractivity contribution is 5.92. The Morgan fingerprint density at radius 1 is 1.06 bits per heavy atom. The molecule has 0 spiro atoms. The number of rotatable bonds is 5. The lowest BCUT2D eigenvalue weighted by Crippen LogP contribution is -2.54. The van der Waals surface area contributed by atoms with Gasteiger partial charge in [0.2, 0.25) is 11.8 Å². The van der Waals surface area contributed by atoms with Gasteiger partial charge >= 0.3 is 0 Å². The molecule has 31 heavy (non-hydrogen) atoms. The number of piperazine rings is 1. The Bertz CT molecular complexity index is 1070. The van der Waals surface area contributed by atoms with E-state index in [0.717, 1.165) is 22.7 Å². The third-order valence-corrected chi connectivity index (χ3v) is 5.39. The molecule has 0 aliphatic carbocycles. The van der Waals surface area contributed by atoms with E-state index < -0.39 is 0 Å². The van der Waals surface area contributed by atoms with Crippen molar-refractivity contribution in [2.24, 2.45) is 0 Å². The summed E-state index contributed by atoms with van der Waals surface area (Å²) in [6, 6.07) is 19.6. The molecule has 1 atom stereocenters. The molecule has 0 radical (unpaired) electrons. The average Bonchev–Trinajstić information content (AvgIpc) is 2.80. The maximum Gasteiger partial charge on any atom is 0.246 e. The number of aromatic nitrogens is 2. The standard InChI is InChI=1S/C25H26N4O2/c1-19-8-6-7-11-22(19)31-24-16-23(26-18-27-24)28-14-15-29(20(2)17-28)25(30)13-12-21-9-4-3-5-10-21/h3-13,16,18,20H,14-15,17H2,1-2H3/b13-12+. The number of hydrogen-bond donors (Lipinski definition) is 0. The molecule has 6 nitrogen and oxygen atoms in total. The van der Waals surface area contributed by atoms with E-state index in [0.29, 0.717) is 25.5 Å². The molecule has 1 aliphatic rings. The highest BCUT2D eigenvalue weighted by Crippen LogP contribution is 2.26. The Balaban J connectivity index is 1.40. The fourth-order valence-corrected chi connectivity index (χ4v) is 3.66. The van der Waals surface area contributed by atoms with Crippen LogP contribution < -0.4 is 9.64 Å². The number of carbonyl (C=O) groups is 1.